The van der Waals surface area contributed by atoms with Gasteiger partial charge in [-0.05, 0) is 73.5 Å². The fraction of sp³-hybridized carbons (Fsp3) is 0.941. The fourth-order valence-electron chi connectivity index (χ4n) is 2.34. The number of hydrogen-bond donors (Lipinski definition) is 1. The zero-order chi connectivity index (χ0) is 16.5. The van der Waals surface area contributed by atoms with Gasteiger partial charge in [0.2, 0.25) is 0 Å². The van der Waals surface area contributed by atoms with Gasteiger partial charge in [-0.2, -0.15) is 0 Å². The van der Waals surface area contributed by atoms with Crippen molar-refractivity contribution in [3.8, 4) is 0 Å². The lowest BCUT2D eigenvalue weighted by Gasteiger charge is -2.35. The minimum atomic E-state index is -0.552. The number of carbonyl (C=O) groups is 1. The lowest BCUT2D eigenvalue weighted by molar-refractivity contribution is -0.150. The van der Waals surface area contributed by atoms with Gasteiger partial charge in [0.05, 0.1) is 6.61 Å². The third-order valence-corrected chi connectivity index (χ3v) is 4.61. The highest BCUT2D eigenvalue weighted by atomic mass is 16.5. The molecule has 1 unspecified atom stereocenters. The van der Waals surface area contributed by atoms with Gasteiger partial charge in [-0.25, -0.2) is 0 Å². The van der Waals surface area contributed by atoms with Crippen molar-refractivity contribution in [1.29, 1.82) is 0 Å². The molecule has 0 bridgehead atoms. The summed E-state index contributed by atoms with van der Waals surface area (Å²) in [6.45, 7) is 14.9. The average molecular weight is 300 g/mol. The van der Waals surface area contributed by atoms with Crippen LogP contribution in [0.1, 0.15) is 67.2 Å². The zero-order valence-electron chi connectivity index (χ0n) is 15.2. The van der Waals surface area contributed by atoms with Crippen molar-refractivity contribution in [3.63, 3.8) is 0 Å². The second-order valence-electron chi connectivity index (χ2n) is 6.63. The van der Waals surface area contributed by atoms with Crippen molar-refractivity contribution < 1.29 is 9.53 Å². The van der Waals surface area contributed by atoms with Gasteiger partial charge in [-0.1, -0.05) is 13.8 Å². The van der Waals surface area contributed by atoms with Crippen molar-refractivity contribution in [2.24, 2.45) is 0 Å². The summed E-state index contributed by atoms with van der Waals surface area (Å²) in [5.41, 5.74) is -0.310. The van der Waals surface area contributed by atoms with Crippen LogP contribution in [0, 0.1) is 0 Å². The minimum Gasteiger partial charge on any atom is -0.465 e. The molecule has 0 aromatic heterocycles. The van der Waals surface area contributed by atoms with E-state index in [1.165, 1.54) is 0 Å². The minimum absolute atomic E-state index is 0.130. The molecule has 1 atom stereocenters. The molecule has 0 radical (unpaired) electrons. The van der Waals surface area contributed by atoms with Crippen LogP contribution in [0.15, 0.2) is 0 Å². The van der Waals surface area contributed by atoms with E-state index < -0.39 is 5.54 Å². The molecule has 0 saturated heterocycles. The van der Waals surface area contributed by atoms with E-state index >= 15 is 0 Å². The Balaban J connectivity index is 4.30. The first kappa shape index (κ1) is 20.4. The number of ether oxygens (including phenoxy) is 1. The van der Waals surface area contributed by atoms with Gasteiger partial charge in [0.25, 0.3) is 0 Å². The van der Waals surface area contributed by atoms with Gasteiger partial charge in [-0.3, -0.25) is 4.79 Å². The number of hydrogen-bond acceptors (Lipinski definition) is 4. The maximum atomic E-state index is 12.1. The SMILES string of the molecule is CCNC(C)(CCCCN(C)C(C)(C)CC)C(=O)OCC. The van der Waals surface area contributed by atoms with Gasteiger partial charge in [0.15, 0.2) is 0 Å². The van der Waals surface area contributed by atoms with Crippen LogP contribution in [0.4, 0.5) is 0 Å². The van der Waals surface area contributed by atoms with Crippen LogP contribution in [0.3, 0.4) is 0 Å². The third-order valence-electron chi connectivity index (χ3n) is 4.61. The van der Waals surface area contributed by atoms with E-state index in [4.69, 9.17) is 4.74 Å². The molecule has 0 amide bonds. The van der Waals surface area contributed by atoms with Crippen molar-refractivity contribution in [1.82, 2.24) is 10.2 Å². The first-order chi connectivity index (χ1) is 9.73. The van der Waals surface area contributed by atoms with E-state index in [0.29, 0.717) is 6.61 Å². The van der Waals surface area contributed by atoms with Crippen molar-refractivity contribution in [2.75, 3.05) is 26.7 Å². The summed E-state index contributed by atoms with van der Waals surface area (Å²) in [6, 6.07) is 0. The highest BCUT2D eigenvalue weighted by molar-refractivity contribution is 5.80. The molecule has 0 aromatic rings. The molecular formula is C17H36N2O2. The lowest BCUT2D eigenvalue weighted by atomic mass is 9.94. The highest BCUT2D eigenvalue weighted by Gasteiger charge is 2.33. The molecule has 0 spiro atoms. The van der Waals surface area contributed by atoms with Gasteiger partial charge >= 0.3 is 5.97 Å². The first-order valence-corrected chi connectivity index (χ1v) is 8.37. The second-order valence-corrected chi connectivity index (χ2v) is 6.63. The Hall–Kier alpha value is -0.610. The largest absolute Gasteiger partial charge is 0.465 e. The molecule has 0 saturated carbocycles. The zero-order valence-corrected chi connectivity index (χ0v) is 15.2. The summed E-state index contributed by atoms with van der Waals surface area (Å²) in [6.07, 6.45) is 4.08. The Morgan fingerprint density at radius 2 is 1.76 bits per heavy atom. The van der Waals surface area contributed by atoms with Crippen molar-refractivity contribution in [3.05, 3.63) is 0 Å². The molecule has 0 aliphatic heterocycles. The highest BCUT2D eigenvalue weighted by Crippen LogP contribution is 2.19. The molecule has 0 fully saturated rings. The number of likely N-dealkylation sites (N-methyl/N-ethyl adjacent to an activating group) is 1. The Bertz CT molecular complexity index is 305. The van der Waals surface area contributed by atoms with E-state index in [9.17, 15) is 4.79 Å². The van der Waals surface area contributed by atoms with Crippen molar-refractivity contribution >= 4 is 5.97 Å². The van der Waals surface area contributed by atoms with Crippen LogP contribution in [0.5, 0.6) is 0 Å². The first-order valence-electron chi connectivity index (χ1n) is 8.37. The number of carbonyl (C=O) groups excluding carboxylic acids is 1. The molecule has 0 heterocycles. The Kier molecular flexibility index (Phi) is 9.14. The summed E-state index contributed by atoms with van der Waals surface area (Å²) in [5.74, 6) is -0.130. The molecule has 0 rings (SSSR count). The van der Waals surface area contributed by atoms with Gasteiger partial charge in [0, 0.05) is 5.54 Å². The van der Waals surface area contributed by atoms with Crippen LogP contribution in [-0.2, 0) is 9.53 Å². The van der Waals surface area contributed by atoms with Gasteiger partial charge in [-0.15, -0.1) is 0 Å². The molecule has 4 heteroatoms. The number of unbranched alkanes of at least 4 members (excludes halogenated alkanes) is 1. The van der Waals surface area contributed by atoms with Crippen LogP contribution < -0.4 is 5.32 Å². The van der Waals surface area contributed by atoms with Crippen LogP contribution >= 0.6 is 0 Å². The second kappa shape index (κ2) is 9.42. The molecule has 0 aliphatic rings. The summed E-state index contributed by atoms with van der Waals surface area (Å²) < 4.78 is 5.20. The quantitative estimate of drug-likeness (QED) is 0.470. The smallest absolute Gasteiger partial charge is 0.326 e. The molecule has 126 valence electrons. The molecule has 1 N–H and O–H groups in total. The van der Waals surface area contributed by atoms with E-state index in [1.807, 2.05) is 20.8 Å². The average Bonchev–Trinajstić information content (AvgIpc) is 2.43. The monoisotopic (exact) mass is 300 g/mol. The predicted octanol–water partition coefficient (Wildman–Crippen LogP) is 3.21. The molecular weight excluding hydrogens is 264 g/mol. The Morgan fingerprint density at radius 3 is 2.24 bits per heavy atom. The number of nitrogens with zero attached hydrogens (tertiary/aromatic N) is 1. The standard InChI is InChI=1S/C17H36N2O2/c1-8-16(4,5)19(7)14-12-11-13-17(6,18-9-2)15(20)21-10-3/h18H,8-14H2,1-7H3. The molecule has 4 nitrogen and oxygen atoms in total. The number of nitrogens with one attached hydrogen (secondary N) is 1. The Morgan fingerprint density at radius 1 is 1.14 bits per heavy atom. The van der Waals surface area contributed by atoms with Crippen molar-refractivity contribution in [2.45, 2.75) is 78.3 Å². The third kappa shape index (κ3) is 6.79. The van der Waals surface area contributed by atoms with Gasteiger partial charge < -0.3 is 15.0 Å². The van der Waals surface area contributed by atoms with Crippen LogP contribution in [0.2, 0.25) is 0 Å². The maximum absolute atomic E-state index is 12.1. The summed E-state index contributed by atoms with van der Waals surface area (Å²) in [4.78, 5) is 14.5. The maximum Gasteiger partial charge on any atom is 0.326 e. The molecule has 0 aromatic carbocycles. The van der Waals surface area contributed by atoms with E-state index in [-0.39, 0.29) is 11.5 Å². The van der Waals surface area contributed by atoms with E-state index in [1.54, 1.807) is 0 Å². The fourth-order valence-corrected chi connectivity index (χ4v) is 2.34. The van der Waals surface area contributed by atoms with Gasteiger partial charge in [0.1, 0.15) is 5.54 Å². The van der Waals surface area contributed by atoms with Crippen LogP contribution in [0.25, 0.3) is 0 Å². The topological polar surface area (TPSA) is 41.6 Å². The summed E-state index contributed by atoms with van der Waals surface area (Å²) >= 11 is 0. The number of esters is 1. The number of rotatable bonds is 11. The Labute approximate surface area is 131 Å². The van der Waals surface area contributed by atoms with E-state index in [0.717, 1.165) is 38.8 Å². The predicted molar refractivity (Wildman–Crippen MR) is 89.6 cm³/mol. The molecule has 0 aliphatic carbocycles. The van der Waals surface area contributed by atoms with E-state index in [2.05, 4.69) is 38.0 Å². The molecule has 21 heavy (non-hydrogen) atoms. The lowest BCUT2D eigenvalue weighted by Crippen LogP contribution is -2.50. The summed E-state index contributed by atoms with van der Waals surface area (Å²) in [5, 5.41) is 3.28. The van der Waals surface area contributed by atoms with Crippen LogP contribution in [-0.4, -0.2) is 48.7 Å². The normalized spacial score (nSPS) is 15.0. The summed E-state index contributed by atoms with van der Waals surface area (Å²) in [7, 11) is 2.18.